The van der Waals surface area contributed by atoms with Gasteiger partial charge in [0.2, 0.25) is 5.82 Å². The van der Waals surface area contributed by atoms with Crippen LogP contribution in [0.3, 0.4) is 0 Å². The van der Waals surface area contributed by atoms with E-state index in [0.717, 1.165) is 11.3 Å². The van der Waals surface area contributed by atoms with E-state index in [9.17, 15) is 4.79 Å². The van der Waals surface area contributed by atoms with Crippen molar-refractivity contribution in [3.63, 3.8) is 0 Å². The molecule has 0 aliphatic carbocycles. The van der Waals surface area contributed by atoms with Crippen LogP contribution in [0.25, 0.3) is 11.3 Å². The lowest BCUT2D eigenvalue weighted by Gasteiger charge is -2.04. The molecule has 0 radical (unpaired) electrons. The quantitative estimate of drug-likeness (QED) is 0.851. The molecule has 0 aliphatic heterocycles. The highest BCUT2D eigenvalue weighted by Crippen LogP contribution is 2.18. The van der Waals surface area contributed by atoms with Crippen molar-refractivity contribution in [1.82, 2.24) is 9.97 Å². The number of hydrogen-bond donors (Lipinski definition) is 1. The molecule has 0 saturated heterocycles. The Balaban J connectivity index is 2.51. The average Bonchev–Trinajstić information content (AvgIpc) is 2.29. The average molecular weight is 227 g/mol. The topological polar surface area (TPSA) is 68.9 Å². The summed E-state index contributed by atoms with van der Waals surface area (Å²) in [6.07, 6.45) is 0. The fraction of sp³-hybridized carbons (Fsp3) is 0.154. The van der Waals surface area contributed by atoms with E-state index in [1.807, 2.05) is 44.2 Å². The van der Waals surface area contributed by atoms with E-state index < -0.39 is 5.91 Å². The monoisotopic (exact) mass is 227 g/mol. The van der Waals surface area contributed by atoms with Crippen LogP contribution in [0.2, 0.25) is 0 Å². The summed E-state index contributed by atoms with van der Waals surface area (Å²) in [6, 6.07) is 9.74. The summed E-state index contributed by atoms with van der Waals surface area (Å²) in [5, 5.41) is 0. The smallest absolute Gasteiger partial charge is 0.286 e. The maximum absolute atomic E-state index is 11.1. The van der Waals surface area contributed by atoms with Crippen molar-refractivity contribution in [2.24, 2.45) is 5.73 Å². The molecule has 0 fully saturated rings. The number of nitrogens with zero attached hydrogens (tertiary/aromatic N) is 2. The molecular formula is C13H13N3O. The minimum Gasteiger partial charge on any atom is -0.363 e. The molecule has 1 aromatic carbocycles. The van der Waals surface area contributed by atoms with Gasteiger partial charge in [-0.15, -0.1) is 0 Å². The van der Waals surface area contributed by atoms with Crippen molar-refractivity contribution in [1.29, 1.82) is 0 Å². The van der Waals surface area contributed by atoms with E-state index in [-0.39, 0.29) is 5.82 Å². The lowest BCUT2D eigenvalue weighted by molar-refractivity contribution is 0.0990. The number of rotatable bonds is 2. The SMILES string of the molecule is Cc1ccc(-c2cc(C)nc(C(N)=O)n2)cc1. The number of benzene rings is 1. The van der Waals surface area contributed by atoms with Crippen molar-refractivity contribution >= 4 is 5.91 Å². The number of amides is 1. The van der Waals surface area contributed by atoms with Gasteiger partial charge in [-0.1, -0.05) is 29.8 Å². The summed E-state index contributed by atoms with van der Waals surface area (Å²) in [4.78, 5) is 19.2. The van der Waals surface area contributed by atoms with Crippen molar-refractivity contribution in [2.45, 2.75) is 13.8 Å². The van der Waals surface area contributed by atoms with E-state index >= 15 is 0 Å². The van der Waals surface area contributed by atoms with Crippen LogP contribution in [0.5, 0.6) is 0 Å². The van der Waals surface area contributed by atoms with Crippen LogP contribution in [0, 0.1) is 13.8 Å². The number of aryl methyl sites for hydroxylation is 2. The van der Waals surface area contributed by atoms with Gasteiger partial charge in [0.25, 0.3) is 5.91 Å². The molecule has 2 aromatic rings. The van der Waals surface area contributed by atoms with E-state index in [1.54, 1.807) is 0 Å². The number of primary amides is 1. The predicted octanol–water partition coefficient (Wildman–Crippen LogP) is 1.86. The zero-order valence-corrected chi connectivity index (χ0v) is 9.77. The van der Waals surface area contributed by atoms with Gasteiger partial charge >= 0.3 is 0 Å². The van der Waals surface area contributed by atoms with Crippen LogP contribution in [0.15, 0.2) is 30.3 Å². The molecular weight excluding hydrogens is 214 g/mol. The first-order chi connectivity index (χ1) is 8.06. The first kappa shape index (κ1) is 11.3. The second kappa shape index (κ2) is 4.33. The maximum Gasteiger partial charge on any atom is 0.286 e. The van der Waals surface area contributed by atoms with Crippen LogP contribution in [0.1, 0.15) is 21.9 Å². The van der Waals surface area contributed by atoms with Gasteiger partial charge in [0.1, 0.15) is 0 Å². The van der Waals surface area contributed by atoms with Crippen LogP contribution >= 0.6 is 0 Å². The molecule has 0 bridgehead atoms. The fourth-order valence-corrected chi connectivity index (χ4v) is 1.55. The fourth-order valence-electron chi connectivity index (χ4n) is 1.55. The normalized spacial score (nSPS) is 10.2. The summed E-state index contributed by atoms with van der Waals surface area (Å²) in [5.41, 5.74) is 8.75. The van der Waals surface area contributed by atoms with Gasteiger partial charge < -0.3 is 5.73 Å². The first-order valence-electron chi connectivity index (χ1n) is 5.29. The van der Waals surface area contributed by atoms with Gasteiger partial charge in [-0.2, -0.15) is 0 Å². The number of aromatic nitrogens is 2. The Morgan fingerprint density at radius 2 is 1.76 bits per heavy atom. The Labute approximate surface area is 99.5 Å². The highest BCUT2D eigenvalue weighted by molar-refractivity contribution is 5.89. The summed E-state index contributed by atoms with van der Waals surface area (Å²) >= 11 is 0. The van der Waals surface area contributed by atoms with E-state index in [1.165, 1.54) is 5.56 Å². The van der Waals surface area contributed by atoms with Crippen LogP contribution in [0.4, 0.5) is 0 Å². The molecule has 0 saturated carbocycles. The molecule has 0 unspecified atom stereocenters. The Hall–Kier alpha value is -2.23. The number of nitrogens with two attached hydrogens (primary N) is 1. The molecule has 1 aromatic heterocycles. The van der Waals surface area contributed by atoms with Gasteiger partial charge in [0.15, 0.2) is 0 Å². The molecule has 2 N–H and O–H groups in total. The third-order valence-electron chi connectivity index (χ3n) is 2.42. The number of carbonyl (C=O) groups excluding carboxylic acids is 1. The molecule has 0 aliphatic rings. The molecule has 17 heavy (non-hydrogen) atoms. The van der Waals surface area contributed by atoms with Gasteiger partial charge in [-0.05, 0) is 19.9 Å². The first-order valence-corrected chi connectivity index (χ1v) is 5.29. The maximum atomic E-state index is 11.1. The van der Waals surface area contributed by atoms with Gasteiger partial charge in [0.05, 0.1) is 5.69 Å². The van der Waals surface area contributed by atoms with Crippen molar-refractivity contribution in [3.05, 3.63) is 47.4 Å². The Kier molecular flexibility index (Phi) is 2.87. The van der Waals surface area contributed by atoms with Crippen molar-refractivity contribution in [2.75, 3.05) is 0 Å². The number of carbonyl (C=O) groups is 1. The Morgan fingerprint density at radius 1 is 1.12 bits per heavy atom. The predicted molar refractivity (Wildman–Crippen MR) is 65.5 cm³/mol. The molecule has 1 amide bonds. The highest BCUT2D eigenvalue weighted by atomic mass is 16.1. The van der Waals surface area contributed by atoms with Crippen LogP contribution in [-0.4, -0.2) is 15.9 Å². The summed E-state index contributed by atoms with van der Waals surface area (Å²) in [5.74, 6) is -0.553. The molecule has 0 spiro atoms. The lowest BCUT2D eigenvalue weighted by Crippen LogP contribution is -2.16. The molecule has 86 valence electrons. The van der Waals surface area contributed by atoms with E-state index in [0.29, 0.717) is 5.69 Å². The second-order valence-corrected chi connectivity index (χ2v) is 3.95. The Morgan fingerprint density at radius 3 is 2.35 bits per heavy atom. The number of hydrogen-bond acceptors (Lipinski definition) is 3. The third kappa shape index (κ3) is 2.47. The van der Waals surface area contributed by atoms with E-state index in [4.69, 9.17) is 5.73 Å². The van der Waals surface area contributed by atoms with Gasteiger partial charge in [-0.25, -0.2) is 9.97 Å². The Bertz CT molecular complexity index is 561. The molecule has 1 heterocycles. The standard InChI is InChI=1S/C13H13N3O/c1-8-3-5-10(6-4-8)11-7-9(2)15-13(16-11)12(14)17/h3-7H,1-2H3,(H2,14,17). The lowest BCUT2D eigenvalue weighted by atomic mass is 10.1. The van der Waals surface area contributed by atoms with Gasteiger partial charge in [-0.3, -0.25) is 4.79 Å². The third-order valence-corrected chi connectivity index (χ3v) is 2.42. The van der Waals surface area contributed by atoms with Crippen LogP contribution < -0.4 is 5.73 Å². The summed E-state index contributed by atoms with van der Waals surface area (Å²) < 4.78 is 0. The zero-order chi connectivity index (χ0) is 12.4. The van der Waals surface area contributed by atoms with Crippen LogP contribution in [-0.2, 0) is 0 Å². The molecule has 2 rings (SSSR count). The summed E-state index contributed by atoms with van der Waals surface area (Å²) in [7, 11) is 0. The minimum absolute atomic E-state index is 0.0561. The summed E-state index contributed by atoms with van der Waals surface area (Å²) in [6.45, 7) is 3.83. The minimum atomic E-state index is -0.609. The second-order valence-electron chi connectivity index (χ2n) is 3.95. The highest BCUT2D eigenvalue weighted by Gasteiger charge is 2.08. The molecule has 4 nitrogen and oxygen atoms in total. The van der Waals surface area contributed by atoms with E-state index in [2.05, 4.69) is 9.97 Å². The van der Waals surface area contributed by atoms with Gasteiger partial charge in [0, 0.05) is 11.3 Å². The largest absolute Gasteiger partial charge is 0.363 e. The molecule has 4 heteroatoms. The zero-order valence-electron chi connectivity index (χ0n) is 9.77. The molecule has 0 atom stereocenters. The van der Waals surface area contributed by atoms with Crippen molar-refractivity contribution in [3.8, 4) is 11.3 Å². The van der Waals surface area contributed by atoms with Crippen molar-refractivity contribution < 1.29 is 4.79 Å².